The van der Waals surface area contributed by atoms with Gasteiger partial charge in [0, 0.05) is 56.0 Å². The molecule has 0 bridgehead atoms. The van der Waals surface area contributed by atoms with Crippen molar-refractivity contribution in [2.75, 3.05) is 30.9 Å². The number of anilines is 3. The van der Waals surface area contributed by atoms with E-state index >= 15 is 0 Å². The summed E-state index contributed by atoms with van der Waals surface area (Å²) in [5.41, 5.74) is 4.26. The van der Waals surface area contributed by atoms with E-state index in [1.807, 2.05) is 72.6 Å². The van der Waals surface area contributed by atoms with Gasteiger partial charge in [-0.3, -0.25) is 4.79 Å². The minimum absolute atomic E-state index is 0.0193. The lowest BCUT2D eigenvalue weighted by atomic mass is 9.99. The Kier molecular flexibility index (Phi) is 6.34. The SMILES string of the molecule is CN(C)c1ncc(-c2ccccc2)c([C@H]2CCCN2C(=O)c2cccc(Nc3ncccn3)c2)n1. The van der Waals surface area contributed by atoms with Crippen molar-refractivity contribution in [1.82, 2.24) is 24.8 Å². The van der Waals surface area contributed by atoms with E-state index in [-0.39, 0.29) is 11.9 Å². The van der Waals surface area contributed by atoms with Crippen LogP contribution >= 0.6 is 0 Å². The van der Waals surface area contributed by atoms with Gasteiger partial charge in [0.25, 0.3) is 5.91 Å². The third kappa shape index (κ3) is 4.82. The smallest absolute Gasteiger partial charge is 0.254 e. The first-order valence-corrected chi connectivity index (χ1v) is 11.6. The molecule has 2 aromatic carbocycles. The Balaban J connectivity index is 1.47. The molecule has 0 aliphatic carbocycles. The zero-order valence-electron chi connectivity index (χ0n) is 19.8. The lowest BCUT2D eigenvalue weighted by Crippen LogP contribution is -2.31. The van der Waals surface area contributed by atoms with Crippen LogP contribution in [0.25, 0.3) is 11.1 Å². The van der Waals surface area contributed by atoms with E-state index in [2.05, 4.69) is 32.4 Å². The molecule has 1 atom stereocenters. The monoisotopic (exact) mass is 465 g/mol. The summed E-state index contributed by atoms with van der Waals surface area (Å²) in [4.78, 5) is 35.4. The van der Waals surface area contributed by atoms with Crippen molar-refractivity contribution < 1.29 is 4.79 Å². The maximum Gasteiger partial charge on any atom is 0.254 e. The predicted octanol–water partition coefficient (Wildman–Crippen LogP) is 4.72. The van der Waals surface area contributed by atoms with Crippen molar-refractivity contribution in [3.63, 3.8) is 0 Å². The minimum atomic E-state index is -0.131. The van der Waals surface area contributed by atoms with E-state index in [1.54, 1.807) is 18.5 Å². The second-order valence-corrected chi connectivity index (χ2v) is 8.66. The minimum Gasteiger partial charge on any atom is -0.347 e. The van der Waals surface area contributed by atoms with Crippen LogP contribution in [0.15, 0.2) is 79.3 Å². The van der Waals surface area contributed by atoms with Gasteiger partial charge >= 0.3 is 0 Å². The molecular formula is C27H27N7O. The molecule has 0 unspecified atom stereocenters. The number of rotatable bonds is 6. The quantitative estimate of drug-likeness (QED) is 0.441. The van der Waals surface area contributed by atoms with Crippen molar-refractivity contribution in [2.24, 2.45) is 0 Å². The van der Waals surface area contributed by atoms with Crippen LogP contribution in [0.5, 0.6) is 0 Å². The number of benzene rings is 2. The van der Waals surface area contributed by atoms with Crippen molar-refractivity contribution in [1.29, 1.82) is 0 Å². The molecule has 5 rings (SSSR count). The molecule has 35 heavy (non-hydrogen) atoms. The average molecular weight is 466 g/mol. The molecule has 4 aromatic rings. The van der Waals surface area contributed by atoms with Crippen LogP contribution in [0, 0.1) is 0 Å². The molecule has 0 spiro atoms. The van der Waals surface area contributed by atoms with Crippen LogP contribution in [-0.2, 0) is 0 Å². The molecular weight excluding hydrogens is 438 g/mol. The van der Waals surface area contributed by atoms with Crippen LogP contribution < -0.4 is 10.2 Å². The van der Waals surface area contributed by atoms with Crippen molar-refractivity contribution in [2.45, 2.75) is 18.9 Å². The first-order chi connectivity index (χ1) is 17.1. The summed E-state index contributed by atoms with van der Waals surface area (Å²) in [7, 11) is 3.85. The van der Waals surface area contributed by atoms with Crippen molar-refractivity contribution in [3.05, 3.63) is 90.5 Å². The molecule has 0 saturated carbocycles. The molecule has 1 saturated heterocycles. The Hall–Kier alpha value is -4.33. The fourth-order valence-corrected chi connectivity index (χ4v) is 4.38. The molecule has 1 N–H and O–H groups in total. The Bertz CT molecular complexity index is 1310. The van der Waals surface area contributed by atoms with E-state index in [9.17, 15) is 4.79 Å². The summed E-state index contributed by atoms with van der Waals surface area (Å²) < 4.78 is 0. The van der Waals surface area contributed by atoms with Gasteiger partial charge in [-0.05, 0) is 42.7 Å². The first-order valence-electron chi connectivity index (χ1n) is 11.6. The molecule has 1 aliphatic heterocycles. The van der Waals surface area contributed by atoms with Gasteiger partial charge in [0.1, 0.15) is 0 Å². The van der Waals surface area contributed by atoms with Gasteiger partial charge in [-0.25, -0.2) is 19.9 Å². The first kappa shape index (κ1) is 22.5. The fraction of sp³-hybridized carbons (Fsp3) is 0.222. The number of nitrogens with one attached hydrogen (secondary N) is 1. The molecule has 2 aromatic heterocycles. The number of hydrogen-bond acceptors (Lipinski definition) is 7. The molecule has 1 aliphatic rings. The second-order valence-electron chi connectivity index (χ2n) is 8.66. The fourth-order valence-electron chi connectivity index (χ4n) is 4.38. The maximum atomic E-state index is 13.7. The standard InChI is InChI=1S/C27H27N7O/c1-33(2)27-30-18-22(19-9-4-3-5-10-19)24(32-27)23-13-7-16-34(23)25(35)20-11-6-12-21(17-20)31-26-28-14-8-15-29-26/h3-6,8-12,14-15,17-18,23H,7,13,16H2,1-2H3,(H,28,29,31)/t23-/m1/s1. The largest absolute Gasteiger partial charge is 0.347 e. The summed E-state index contributed by atoms with van der Waals surface area (Å²) in [6.45, 7) is 0.679. The highest BCUT2D eigenvalue weighted by Crippen LogP contribution is 2.38. The molecule has 8 heteroatoms. The topological polar surface area (TPSA) is 87.1 Å². The number of hydrogen-bond donors (Lipinski definition) is 1. The Morgan fingerprint density at radius 2 is 1.80 bits per heavy atom. The highest BCUT2D eigenvalue weighted by Gasteiger charge is 2.34. The van der Waals surface area contributed by atoms with Crippen molar-refractivity contribution >= 4 is 23.5 Å². The van der Waals surface area contributed by atoms with Gasteiger partial charge in [-0.15, -0.1) is 0 Å². The van der Waals surface area contributed by atoms with Crippen LogP contribution in [0.1, 0.15) is 34.9 Å². The van der Waals surface area contributed by atoms with E-state index in [1.165, 1.54) is 0 Å². The van der Waals surface area contributed by atoms with Crippen molar-refractivity contribution in [3.8, 4) is 11.1 Å². The summed E-state index contributed by atoms with van der Waals surface area (Å²) >= 11 is 0. The Labute approximate surface area is 204 Å². The number of nitrogens with zero attached hydrogens (tertiary/aromatic N) is 6. The third-order valence-electron chi connectivity index (χ3n) is 6.05. The molecule has 1 amide bonds. The summed E-state index contributed by atoms with van der Waals surface area (Å²) in [5.74, 6) is 1.10. The number of amides is 1. The number of carbonyl (C=O) groups excluding carboxylic acids is 1. The number of likely N-dealkylation sites (tertiary alicyclic amines) is 1. The average Bonchev–Trinajstić information content (AvgIpc) is 3.39. The zero-order chi connectivity index (χ0) is 24.2. The zero-order valence-corrected chi connectivity index (χ0v) is 19.8. The lowest BCUT2D eigenvalue weighted by molar-refractivity contribution is 0.0733. The Morgan fingerprint density at radius 1 is 1.00 bits per heavy atom. The van der Waals surface area contributed by atoms with E-state index in [0.29, 0.717) is 24.0 Å². The lowest BCUT2D eigenvalue weighted by Gasteiger charge is -2.27. The van der Waals surface area contributed by atoms with Gasteiger partial charge in [0.2, 0.25) is 11.9 Å². The molecule has 0 radical (unpaired) electrons. The van der Waals surface area contributed by atoms with E-state index in [4.69, 9.17) is 4.98 Å². The highest BCUT2D eigenvalue weighted by molar-refractivity contribution is 5.96. The van der Waals surface area contributed by atoms with Crippen LogP contribution in [0.4, 0.5) is 17.6 Å². The summed E-state index contributed by atoms with van der Waals surface area (Å²) in [6, 6.07) is 19.2. The molecule has 8 nitrogen and oxygen atoms in total. The van der Waals surface area contributed by atoms with E-state index < -0.39 is 0 Å². The van der Waals surface area contributed by atoms with E-state index in [0.717, 1.165) is 35.3 Å². The van der Waals surface area contributed by atoms with Crippen LogP contribution in [0.3, 0.4) is 0 Å². The normalized spacial score (nSPS) is 15.1. The molecule has 1 fully saturated rings. The van der Waals surface area contributed by atoms with Crippen LogP contribution in [0.2, 0.25) is 0 Å². The summed E-state index contributed by atoms with van der Waals surface area (Å²) in [5, 5.41) is 3.16. The van der Waals surface area contributed by atoms with Gasteiger partial charge in [0.15, 0.2) is 0 Å². The second kappa shape index (κ2) is 9.89. The maximum absolute atomic E-state index is 13.7. The van der Waals surface area contributed by atoms with Crippen LogP contribution in [-0.4, -0.2) is 51.4 Å². The third-order valence-corrected chi connectivity index (χ3v) is 6.05. The Morgan fingerprint density at radius 3 is 2.57 bits per heavy atom. The highest BCUT2D eigenvalue weighted by atomic mass is 16.2. The van der Waals surface area contributed by atoms with Gasteiger partial charge in [-0.1, -0.05) is 36.4 Å². The molecule has 176 valence electrons. The van der Waals surface area contributed by atoms with Gasteiger partial charge in [-0.2, -0.15) is 0 Å². The molecule has 3 heterocycles. The van der Waals surface area contributed by atoms with Gasteiger partial charge < -0.3 is 15.1 Å². The number of carbonyl (C=O) groups is 1. The van der Waals surface area contributed by atoms with Gasteiger partial charge in [0.05, 0.1) is 11.7 Å². The predicted molar refractivity (Wildman–Crippen MR) is 137 cm³/mol. The summed E-state index contributed by atoms with van der Waals surface area (Å²) in [6.07, 6.45) is 6.99. The number of aromatic nitrogens is 4.